The van der Waals surface area contributed by atoms with Crippen LogP contribution in [0.1, 0.15) is 101 Å². The van der Waals surface area contributed by atoms with Gasteiger partial charge in [0.15, 0.2) is 0 Å². The van der Waals surface area contributed by atoms with Crippen molar-refractivity contribution in [3.05, 3.63) is 59.8 Å². The van der Waals surface area contributed by atoms with Crippen LogP contribution in [0.4, 0.5) is 4.39 Å². The average molecular weight is 586 g/mol. The maximum atomic E-state index is 14.6. The van der Waals surface area contributed by atoms with E-state index in [4.69, 9.17) is 0 Å². The van der Waals surface area contributed by atoms with Crippen LogP contribution in [0.25, 0.3) is 16.6 Å². The van der Waals surface area contributed by atoms with Crippen molar-refractivity contribution in [3.63, 3.8) is 0 Å². The van der Waals surface area contributed by atoms with Gasteiger partial charge in [-0.1, -0.05) is 0 Å². The SMILES string of the molecule is CC(C)N(C(=O)c1cc(F)ccc1-n1cc(C2CC3CCC(C2)N3C(=O)[C@@H]2NC3CCC2CC3)c2ccncc21)C(C)C. The molecule has 1 saturated carbocycles. The molecule has 228 valence electrons. The van der Waals surface area contributed by atoms with Gasteiger partial charge in [0.2, 0.25) is 5.91 Å². The summed E-state index contributed by atoms with van der Waals surface area (Å²) in [5.41, 5.74) is 3.15. The lowest BCUT2D eigenvalue weighted by atomic mass is 9.75. The van der Waals surface area contributed by atoms with Crippen LogP contribution in [0.15, 0.2) is 42.9 Å². The average Bonchev–Trinajstić information content (AvgIpc) is 3.51. The van der Waals surface area contributed by atoms with Crippen molar-refractivity contribution < 1.29 is 14.0 Å². The van der Waals surface area contributed by atoms with Crippen LogP contribution in [0.3, 0.4) is 0 Å². The standard InChI is InChI=1S/C35H44FN5O2/c1-20(2)40(21(3)4)34(42)29-17-24(36)7-12-31(29)39-19-30(28-13-14-37-18-32(28)39)23-15-26-10-11-27(16-23)41(26)35(43)33-22-5-8-25(38-33)9-6-22/h7,12-14,17-23,25-27,33,38H,5-6,8-11,15-16H2,1-4H3/t22?,23?,25?,26?,27?,33-/m1/s1. The summed E-state index contributed by atoms with van der Waals surface area (Å²) in [7, 11) is 0. The molecule has 2 unspecified atom stereocenters. The van der Waals surface area contributed by atoms with Crippen LogP contribution in [0.5, 0.6) is 0 Å². The Balaban J connectivity index is 1.22. The number of pyridine rings is 1. The zero-order valence-electron chi connectivity index (χ0n) is 25.8. The number of fused-ring (bicyclic) bond motifs is 6. The molecule has 8 rings (SSSR count). The summed E-state index contributed by atoms with van der Waals surface area (Å²) in [5.74, 6) is 0.507. The second-order valence-corrected chi connectivity index (χ2v) is 14.0. The van der Waals surface area contributed by atoms with Crippen molar-refractivity contribution >= 4 is 22.7 Å². The molecule has 0 spiro atoms. The fourth-order valence-electron chi connectivity index (χ4n) is 8.95. The molecule has 3 aromatic rings. The first-order chi connectivity index (χ1) is 20.7. The van der Waals surface area contributed by atoms with Gasteiger partial charge in [-0.3, -0.25) is 14.6 Å². The lowest BCUT2D eigenvalue weighted by Crippen LogP contribution is -2.61. The van der Waals surface area contributed by atoms with E-state index in [1.54, 1.807) is 11.0 Å². The highest BCUT2D eigenvalue weighted by Crippen LogP contribution is 2.47. The Morgan fingerprint density at radius 1 is 0.977 bits per heavy atom. The van der Waals surface area contributed by atoms with Crippen LogP contribution in [0.2, 0.25) is 0 Å². The Bertz CT molecular complexity index is 1520. The van der Waals surface area contributed by atoms with Crippen LogP contribution in [-0.4, -0.2) is 67.4 Å². The van der Waals surface area contributed by atoms with Crippen LogP contribution < -0.4 is 5.32 Å². The molecule has 7 nitrogen and oxygen atoms in total. The number of halogens is 1. The fraction of sp³-hybridized carbons (Fsp3) is 0.571. The molecule has 1 N–H and O–H groups in total. The third kappa shape index (κ3) is 4.86. The molecule has 4 bridgehead atoms. The lowest BCUT2D eigenvalue weighted by Gasteiger charge is -2.47. The minimum absolute atomic E-state index is 0.00850. The van der Waals surface area contributed by atoms with E-state index in [1.807, 2.05) is 44.7 Å². The number of hydrogen-bond donors (Lipinski definition) is 1. The van der Waals surface area contributed by atoms with E-state index in [1.165, 1.54) is 43.4 Å². The molecule has 4 saturated heterocycles. The highest BCUT2D eigenvalue weighted by molar-refractivity contribution is 5.99. The maximum absolute atomic E-state index is 14.6. The number of nitrogens with one attached hydrogen (secondary N) is 1. The summed E-state index contributed by atoms with van der Waals surface area (Å²) < 4.78 is 16.7. The third-order valence-electron chi connectivity index (χ3n) is 10.8. The van der Waals surface area contributed by atoms with Crippen molar-refractivity contribution in [3.8, 4) is 5.69 Å². The Hall–Kier alpha value is -3.26. The molecular formula is C35H44FN5O2. The second kappa shape index (κ2) is 11.0. The molecule has 5 aliphatic rings. The Morgan fingerprint density at radius 3 is 2.30 bits per heavy atom. The van der Waals surface area contributed by atoms with Gasteiger partial charge >= 0.3 is 0 Å². The zero-order chi connectivity index (χ0) is 30.0. The van der Waals surface area contributed by atoms with Crippen molar-refractivity contribution in [1.29, 1.82) is 0 Å². The summed E-state index contributed by atoms with van der Waals surface area (Å²) in [4.78, 5) is 36.3. The topological polar surface area (TPSA) is 70.5 Å². The largest absolute Gasteiger partial charge is 0.335 e. The summed E-state index contributed by atoms with van der Waals surface area (Å²) in [6.45, 7) is 7.96. The number of carbonyl (C=O) groups excluding carboxylic acids is 2. The smallest absolute Gasteiger partial charge is 0.256 e. The molecule has 6 heterocycles. The number of nitrogens with zero attached hydrogens (tertiary/aromatic N) is 4. The van der Waals surface area contributed by atoms with Gasteiger partial charge in [0.1, 0.15) is 5.82 Å². The van der Waals surface area contributed by atoms with Gasteiger partial charge in [-0.15, -0.1) is 0 Å². The van der Waals surface area contributed by atoms with E-state index in [-0.39, 0.29) is 36.1 Å². The first-order valence-electron chi connectivity index (χ1n) is 16.4. The predicted molar refractivity (Wildman–Crippen MR) is 166 cm³/mol. The minimum Gasteiger partial charge on any atom is -0.335 e. The normalized spacial score (nSPS) is 28.3. The highest BCUT2D eigenvalue weighted by atomic mass is 19.1. The Morgan fingerprint density at radius 2 is 1.67 bits per heavy atom. The summed E-state index contributed by atoms with van der Waals surface area (Å²) in [6.07, 6.45) is 14.6. The van der Waals surface area contributed by atoms with Gasteiger partial charge in [-0.2, -0.15) is 0 Å². The van der Waals surface area contributed by atoms with E-state index in [0.29, 0.717) is 35.0 Å². The Labute approximate surface area is 253 Å². The molecule has 3 atom stereocenters. The monoisotopic (exact) mass is 585 g/mol. The number of aromatic nitrogens is 2. The molecule has 1 aliphatic carbocycles. The number of rotatable bonds is 6. The van der Waals surface area contributed by atoms with Crippen LogP contribution in [-0.2, 0) is 4.79 Å². The first kappa shape index (κ1) is 28.5. The highest BCUT2D eigenvalue weighted by Gasteiger charge is 2.49. The molecule has 2 amide bonds. The molecule has 4 aliphatic heterocycles. The number of hydrogen-bond acceptors (Lipinski definition) is 4. The third-order valence-corrected chi connectivity index (χ3v) is 10.8. The van der Waals surface area contributed by atoms with Crippen LogP contribution >= 0.6 is 0 Å². The molecular weight excluding hydrogens is 541 g/mol. The van der Waals surface area contributed by atoms with Gasteiger partial charge in [-0.05, 0) is 121 Å². The molecule has 2 aromatic heterocycles. The van der Waals surface area contributed by atoms with Gasteiger partial charge in [0, 0.05) is 48.0 Å². The van der Waals surface area contributed by atoms with Crippen molar-refractivity contribution in [2.45, 2.75) is 121 Å². The molecule has 0 radical (unpaired) electrons. The minimum atomic E-state index is -0.427. The van der Waals surface area contributed by atoms with E-state index >= 15 is 0 Å². The van der Waals surface area contributed by atoms with Crippen molar-refractivity contribution in [2.24, 2.45) is 5.92 Å². The van der Waals surface area contributed by atoms with E-state index < -0.39 is 5.82 Å². The van der Waals surface area contributed by atoms with Gasteiger partial charge in [-0.25, -0.2) is 4.39 Å². The second-order valence-electron chi connectivity index (χ2n) is 14.0. The summed E-state index contributed by atoms with van der Waals surface area (Å²) in [6, 6.07) is 7.54. The Kier molecular flexibility index (Phi) is 7.31. The maximum Gasteiger partial charge on any atom is 0.256 e. The predicted octanol–water partition coefficient (Wildman–Crippen LogP) is 6.19. The van der Waals surface area contributed by atoms with Crippen LogP contribution in [0, 0.1) is 11.7 Å². The van der Waals surface area contributed by atoms with Crippen molar-refractivity contribution in [2.75, 3.05) is 0 Å². The number of piperidine rings is 3. The van der Waals surface area contributed by atoms with E-state index in [2.05, 4.69) is 27.5 Å². The van der Waals surface area contributed by atoms with E-state index in [0.717, 1.165) is 36.6 Å². The van der Waals surface area contributed by atoms with Gasteiger partial charge in [0.25, 0.3) is 5.91 Å². The number of amides is 2. The fourth-order valence-corrected chi connectivity index (χ4v) is 8.95. The molecule has 43 heavy (non-hydrogen) atoms. The lowest BCUT2D eigenvalue weighted by molar-refractivity contribution is -0.142. The molecule has 8 heteroatoms. The summed E-state index contributed by atoms with van der Waals surface area (Å²) in [5, 5.41) is 4.80. The summed E-state index contributed by atoms with van der Waals surface area (Å²) >= 11 is 0. The zero-order valence-corrected chi connectivity index (χ0v) is 25.8. The number of benzene rings is 1. The molecule has 1 aromatic carbocycles. The number of carbonyl (C=O) groups is 2. The van der Waals surface area contributed by atoms with Crippen molar-refractivity contribution in [1.82, 2.24) is 24.7 Å². The molecule has 5 fully saturated rings. The van der Waals surface area contributed by atoms with Gasteiger partial charge < -0.3 is 19.7 Å². The van der Waals surface area contributed by atoms with Gasteiger partial charge in [0.05, 0.1) is 29.0 Å². The van der Waals surface area contributed by atoms with E-state index in [9.17, 15) is 14.0 Å². The first-order valence-corrected chi connectivity index (χ1v) is 16.4. The quantitative estimate of drug-likeness (QED) is 0.375.